The van der Waals surface area contributed by atoms with Gasteiger partial charge in [-0.05, 0) is 78.9 Å². The second-order valence-corrected chi connectivity index (χ2v) is 11.0. The Bertz CT molecular complexity index is 1950. The molecule has 46 heavy (non-hydrogen) atoms. The largest absolute Gasteiger partial charge is 0.506 e. The number of phenolic OH excluding ortho intramolecular Hbond substituents is 1. The number of phenols is 1. The molecule has 1 heterocycles. The Labute approximate surface area is 264 Å². The molecule has 11 nitrogen and oxygen atoms in total. The average Bonchev–Trinajstić information content (AvgIpc) is 3.04. The number of ether oxygens (including phenoxy) is 2. The summed E-state index contributed by atoms with van der Waals surface area (Å²) in [6, 6.07) is 15.2. The van der Waals surface area contributed by atoms with E-state index in [9.17, 15) is 24.6 Å². The number of carboxylic acids is 1. The molecule has 0 fully saturated rings. The van der Waals surface area contributed by atoms with E-state index in [2.05, 4.69) is 5.32 Å². The van der Waals surface area contributed by atoms with Gasteiger partial charge in [0, 0.05) is 46.5 Å². The highest BCUT2D eigenvalue weighted by Gasteiger charge is 2.22. The maximum atomic E-state index is 13.2. The topological polar surface area (TPSA) is 187 Å². The number of carbonyl (C=O) groups is 2. The lowest BCUT2D eigenvalue weighted by Crippen LogP contribution is -2.27. The van der Waals surface area contributed by atoms with Crippen LogP contribution in [0, 0.1) is 0 Å². The van der Waals surface area contributed by atoms with Crippen molar-refractivity contribution in [1.82, 2.24) is 5.32 Å². The molecule has 4 aromatic carbocycles. The van der Waals surface area contributed by atoms with Crippen LogP contribution in [0.3, 0.4) is 0 Å². The molecule has 0 aliphatic heterocycles. The van der Waals surface area contributed by atoms with E-state index in [0.29, 0.717) is 59.1 Å². The van der Waals surface area contributed by atoms with Gasteiger partial charge in [-0.3, -0.25) is 9.59 Å². The monoisotopic (exact) mass is 627 g/mol. The van der Waals surface area contributed by atoms with Gasteiger partial charge in [-0.2, -0.15) is 0 Å². The van der Waals surface area contributed by atoms with Crippen molar-refractivity contribution < 1.29 is 33.7 Å². The maximum absolute atomic E-state index is 13.2. The van der Waals surface area contributed by atoms with Crippen molar-refractivity contribution in [2.24, 2.45) is 5.73 Å². The molecule has 0 aliphatic rings. The number of hydrogen-bond acceptors (Lipinski definition) is 9. The van der Waals surface area contributed by atoms with Crippen molar-refractivity contribution in [2.75, 3.05) is 45.3 Å². The first-order valence-electron chi connectivity index (χ1n) is 15.2. The molecular formula is C35H37N3O8. The molecule has 240 valence electrons. The molecule has 0 bridgehead atoms. The number of anilines is 1. The molecule has 1 amide bonds. The molecule has 0 spiro atoms. The van der Waals surface area contributed by atoms with Crippen LogP contribution in [0.5, 0.6) is 5.75 Å². The fourth-order valence-corrected chi connectivity index (χ4v) is 5.44. The van der Waals surface area contributed by atoms with E-state index >= 15 is 0 Å². The number of amides is 1. The Hall–Kier alpha value is -4.97. The van der Waals surface area contributed by atoms with Crippen molar-refractivity contribution >= 4 is 50.3 Å². The van der Waals surface area contributed by atoms with Crippen LogP contribution < -0.4 is 22.2 Å². The summed E-state index contributed by atoms with van der Waals surface area (Å²) < 4.78 is 17.4. The average molecular weight is 628 g/mol. The van der Waals surface area contributed by atoms with Crippen LogP contribution in [0.2, 0.25) is 0 Å². The Kier molecular flexibility index (Phi) is 10.5. The quantitative estimate of drug-likeness (QED) is 0.0346. The lowest BCUT2D eigenvalue weighted by molar-refractivity contribution is 0.0468. The van der Waals surface area contributed by atoms with E-state index in [1.807, 2.05) is 0 Å². The Balaban J connectivity index is 1.40. The van der Waals surface area contributed by atoms with Crippen molar-refractivity contribution in [1.29, 1.82) is 0 Å². The van der Waals surface area contributed by atoms with Crippen LogP contribution in [-0.2, 0) is 9.47 Å². The number of nitrogen functional groups attached to an aromatic ring is 1. The molecule has 0 radical (unpaired) electrons. The van der Waals surface area contributed by atoms with Gasteiger partial charge in [0.1, 0.15) is 16.9 Å². The van der Waals surface area contributed by atoms with E-state index in [0.717, 1.165) is 25.7 Å². The van der Waals surface area contributed by atoms with E-state index in [-0.39, 0.29) is 52.3 Å². The van der Waals surface area contributed by atoms with Gasteiger partial charge in [0.05, 0.1) is 31.1 Å². The molecule has 11 heteroatoms. The van der Waals surface area contributed by atoms with Gasteiger partial charge in [-0.25, -0.2) is 4.79 Å². The van der Waals surface area contributed by atoms with E-state index in [1.54, 1.807) is 18.2 Å². The number of rotatable bonds is 15. The minimum atomic E-state index is -1.20. The second-order valence-electron chi connectivity index (χ2n) is 11.0. The zero-order chi connectivity index (χ0) is 32.6. The first kappa shape index (κ1) is 32.4. The molecule has 0 saturated heterocycles. The molecule has 0 unspecified atom stereocenters. The van der Waals surface area contributed by atoms with Gasteiger partial charge in [0.2, 0.25) is 0 Å². The molecule has 5 rings (SSSR count). The molecule has 0 aliphatic carbocycles. The fourth-order valence-electron chi connectivity index (χ4n) is 5.44. The first-order chi connectivity index (χ1) is 22.3. The number of aromatic carboxylic acids is 1. The fraction of sp³-hybridized carbons (Fsp3) is 0.286. The van der Waals surface area contributed by atoms with E-state index < -0.39 is 11.9 Å². The third-order valence-electron chi connectivity index (χ3n) is 7.75. The summed E-state index contributed by atoms with van der Waals surface area (Å²) in [7, 11) is 0. The number of fused-ring (bicyclic) bond motifs is 4. The van der Waals surface area contributed by atoms with Gasteiger partial charge in [-0.15, -0.1) is 0 Å². The lowest BCUT2D eigenvalue weighted by Gasteiger charge is -2.16. The minimum absolute atomic E-state index is 0.0466. The molecular weight excluding hydrogens is 590 g/mol. The summed E-state index contributed by atoms with van der Waals surface area (Å²) in [6.07, 6.45) is 4.20. The Morgan fingerprint density at radius 2 is 1.59 bits per heavy atom. The van der Waals surface area contributed by atoms with Crippen molar-refractivity contribution in [3.63, 3.8) is 0 Å². The SMILES string of the molecule is NCCCCCCOCCOCCNC(=O)c1ccc(C(=O)O)c(-c2c3cc(N)c(O)cc3oc3c2ccc2cc(=O)ccc23)c1. The van der Waals surface area contributed by atoms with Gasteiger partial charge in [0.25, 0.3) is 5.91 Å². The number of aromatic hydroxyl groups is 1. The minimum Gasteiger partial charge on any atom is -0.506 e. The maximum Gasteiger partial charge on any atom is 0.336 e. The smallest absolute Gasteiger partial charge is 0.336 e. The van der Waals surface area contributed by atoms with Gasteiger partial charge >= 0.3 is 5.97 Å². The van der Waals surface area contributed by atoms with Gasteiger partial charge in [-0.1, -0.05) is 18.9 Å². The normalized spacial score (nSPS) is 11.4. The van der Waals surface area contributed by atoms with Gasteiger partial charge in [0.15, 0.2) is 5.43 Å². The number of unbranched alkanes of at least 4 members (excludes halogenated alkanes) is 3. The van der Waals surface area contributed by atoms with Crippen LogP contribution in [0.25, 0.3) is 43.8 Å². The first-order valence-corrected chi connectivity index (χ1v) is 15.2. The summed E-state index contributed by atoms with van der Waals surface area (Å²) in [6.45, 7) is 2.77. The predicted molar refractivity (Wildman–Crippen MR) is 177 cm³/mol. The summed E-state index contributed by atoms with van der Waals surface area (Å²) in [4.78, 5) is 37.7. The molecule has 7 N–H and O–H groups in total. The summed E-state index contributed by atoms with van der Waals surface area (Å²) in [5, 5.41) is 25.6. The highest BCUT2D eigenvalue weighted by molar-refractivity contribution is 6.18. The summed E-state index contributed by atoms with van der Waals surface area (Å²) in [5.74, 6) is -1.81. The zero-order valence-electron chi connectivity index (χ0n) is 25.3. The van der Waals surface area contributed by atoms with Crippen LogP contribution in [0.1, 0.15) is 46.4 Å². The third kappa shape index (κ3) is 7.28. The van der Waals surface area contributed by atoms with Crippen LogP contribution >= 0.6 is 0 Å². The lowest BCUT2D eigenvalue weighted by atomic mass is 9.90. The zero-order valence-corrected chi connectivity index (χ0v) is 25.3. The number of benzene rings is 4. The number of carboxylic acid groups (broad SMARTS) is 1. The highest BCUT2D eigenvalue weighted by atomic mass is 16.5. The van der Waals surface area contributed by atoms with Crippen molar-refractivity contribution in [3.05, 3.63) is 82.0 Å². The highest BCUT2D eigenvalue weighted by Crippen LogP contribution is 2.42. The third-order valence-corrected chi connectivity index (χ3v) is 7.75. The number of carbonyl (C=O) groups excluding carboxylic acids is 1. The van der Waals surface area contributed by atoms with E-state index in [1.165, 1.54) is 42.5 Å². The van der Waals surface area contributed by atoms with Crippen LogP contribution in [0.15, 0.2) is 69.9 Å². The Morgan fingerprint density at radius 1 is 0.826 bits per heavy atom. The van der Waals surface area contributed by atoms with Crippen LogP contribution in [0.4, 0.5) is 5.69 Å². The summed E-state index contributed by atoms with van der Waals surface area (Å²) in [5.41, 5.74) is 13.0. The number of nitrogens with one attached hydrogen (secondary N) is 1. The van der Waals surface area contributed by atoms with Crippen molar-refractivity contribution in [2.45, 2.75) is 25.7 Å². The summed E-state index contributed by atoms with van der Waals surface area (Å²) >= 11 is 0. The van der Waals surface area contributed by atoms with Gasteiger partial charge < -0.3 is 40.9 Å². The Morgan fingerprint density at radius 3 is 2.37 bits per heavy atom. The van der Waals surface area contributed by atoms with Crippen LogP contribution in [-0.4, -0.2) is 61.6 Å². The molecule has 0 saturated carbocycles. The molecule has 1 aromatic heterocycles. The molecule has 0 atom stereocenters. The number of nitrogens with two attached hydrogens (primary N) is 2. The van der Waals surface area contributed by atoms with E-state index in [4.69, 9.17) is 25.4 Å². The van der Waals surface area contributed by atoms with Crippen molar-refractivity contribution in [3.8, 4) is 16.9 Å². The number of hydrogen-bond donors (Lipinski definition) is 5. The standard InChI is InChI=1S/C35H37N3O8/c36-11-3-1-2-4-13-44-15-16-45-14-12-38-34(41)22-6-8-25(35(42)43)27(18-22)32-26-9-5-21-17-23(39)7-10-24(21)33(26)46-31-20-30(40)29(37)19-28(31)32/h5-10,17-20,40H,1-4,11-16,36-37H2,(H,38,41)(H,42,43). The molecule has 5 aromatic rings. The predicted octanol–water partition coefficient (Wildman–Crippen LogP) is 5.03. The second kappa shape index (κ2) is 14.9.